The number of nitrogens with one attached hydrogen (secondary N) is 3. The maximum Gasteiger partial charge on any atom is 0.263 e. The molecule has 0 saturated carbocycles. The Hall–Kier alpha value is -2.45. The van der Waals surface area contributed by atoms with E-state index in [9.17, 15) is 4.79 Å². The summed E-state index contributed by atoms with van der Waals surface area (Å²) >= 11 is 0. The van der Waals surface area contributed by atoms with Gasteiger partial charge in [-0.15, -0.1) is 0 Å². The summed E-state index contributed by atoms with van der Waals surface area (Å²) in [4.78, 5) is 27.0. The van der Waals surface area contributed by atoms with Crippen LogP contribution in [0.3, 0.4) is 0 Å². The number of hydrogen-bond donors (Lipinski definition) is 3. The number of rotatable bonds is 4. The van der Waals surface area contributed by atoms with Gasteiger partial charge in [0.1, 0.15) is 11.4 Å². The van der Waals surface area contributed by atoms with Gasteiger partial charge in [0.2, 0.25) is 5.95 Å². The molecular weight excluding hydrogens is 332 g/mol. The molecule has 4 heterocycles. The van der Waals surface area contributed by atoms with Crippen LogP contribution < -0.4 is 21.1 Å². The quantitative estimate of drug-likeness (QED) is 0.747. The molecule has 8 heteroatoms. The highest BCUT2D eigenvalue weighted by Crippen LogP contribution is 2.24. The lowest BCUT2D eigenvalue weighted by Crippen LogP contribution is -2.40. The average molecular weight is 356 g/mol. The number of morpholine rings is 1. The normalized spacial score (nSPS) is 20.8. The third-order valence-electron chi connectivity index (χ3n) is 4.78. The van der Waals surface area contributed by atoms with Crippen molar-refractivity contribution in [3.05, 3.63) is 34.7 Å². The van der Waals surface area contributed by atoms with E-state index in [1.165, 1.54) is 0 Å². The molecule has 3 N–H and O–H groups in total. The molecule has 2 aromatic rings. The minimum atomic E-state index is -0.175. The Bertz CT molecular complexity index is 782. The highest BCUT2D eigenvalue weighted by atomic mass is 16.5. The van der Waals surface area contributed by atoms with Crippen LogP contribution in [-0.4, -0.2) is 60.4 Å². The van der Waals surface area contributed by atoms with Gasteiger partial charge in [-0.1, -0.05) is 6.07 Å². The van der Waals surface area contributed by atoms with Crippen molar-refractivity contribution in [2.75, 3.05) is 49.6 Å². The van der Waals surface area contributed by atoms with E-state index < -0.39 is 0 Å². The maximum absolute atomic E-state index is 12.9. The first-order valence-electron chi connectivity index (χ1n) is 9.17. The van der Waals surface area contributed by atoms with Crippen LogP contribution in [0.1, 0.15) is 12.8 Å². The van der Waals surface area contributed by atoms with E-state index in [4.69, 9.17) is 9.72 Å². The lowest BCUT2D eigenvalue weighted by atomic mass is 10.1. The van der Waals surface area contributed by atoms with Crippen LogP contribution in [0.15, 0.2) is 29.2 Å². The van der Waals surface area contributed by atoms with Crippen molar-refractivity contribution < 1.29 is 4.74 Å². The van der Waals surface area contributed by atoms with Gasteiger partial charge in [-0.3, -0.25) is 14.8 Å². The Labute approximate surface area is 152 Å². The van der Waals surface area contributed by atoms with Gasteiger partial charge in [-0.25, -0.2) is 0 Å². The molecule has 1 atom stereocenters. The van der Waals surface area contributed by atoms with Crippen LogP contribution in [0.5, 0.6) is 0 Å². The monoisotopic (exact) mass is 356 g/mol. The van der Waals surface area contributed by atoms with E-state index in [2.05, 4.69) is 25.5 Å². The summed E-state index contributed by atoms with van der Waals surface area (Å²) in [5.41, 5.74) is 0.945. The molecule has 0 aromatic carbocycles. The Morgan fingerprint density at radius 2 is 2.15 bits per heavy atom. The molecule has 2 aliphatic heterocycles. The molecular formula is C18H24N6O2. The van der Waals surface area contributed by atoms with E-state index in [1.54, 1.807) is 6.20 Å². The van der Waals surface area contributed by atoms with Gasteiger partial charge in [-0.2, -0.15) is 4.98 Å². The summed E-state index contributed by atoms with van der Waals surface area (Å²) in [6, 6.07) is 5.80. The van der Waals surface area contributed by atoms with Gasteiger partial charge in [0.25, 0.3) is 5.56 Å². The molecule has 8 nitrogen and oxygen atoms in total. The van der Waals surface area contributed by atoms with E-state index in [1.807, 2.05) is 18.2 Å². The molecule has 2 saturated heterocycles. The van der Waals surface area contributed by atoms with Crippen LogP contribution in [0.4, 0.5) is 11.8 Å². The van der Waals surface area contributed by atoms with E-state index in [-0.39, 0.29) is 11.6 Å². The fourth-order valence-corrected chi connectivity index (χ4v) is 3.41. The van der Waals surface area contributed by atoms with Crippen molar-refractivity contribution in [3.8, 4) is 11.3 Å². The fourth-order valence-electron chi connectivity index (χ4n) is 3.41. The Kier molecular flexibility index (Phi) is 5.12. The molecule has 0 unspecified atom stereocenters. The summed E-state index contributed by atoms with van der Waals surface area (Å²) in [7, 11) is 0. The van der Waals surface area contributed by atoms with E-state index in [0.717, 1.165) is 39.0 Å². The summed E-state index contributed by atoms with van der Waals surface area (Å²) in [5.74, 6) is 1.19. The molecule has 4 rings (SSSR count). The topological polar surface area (TPSA) is 95.2 Å². The summed E-state index contributed by atoms with van der Waals surface area (Å²) in [6.07, 6.45) is 3.85. The zero-order valence-electron chi connectivity index (χ0n) is 14.7. The standard InChI is InChI=1S/C18H24N6O2/c25-17-15(14-5-1-2-7-20-14)16(21-13-4-3-6-19-12-13)22-18(23-17)24-8-10-26-11-9-24/h1-2,5,7,13,19H,3-4,6,8-12H2,(H2,21,22,23,25)/t13-/m1/s1. The van der Waals surface area contributed by atoms with Crippen molar-refractivity contribution in [1.82, 2.24) is 20.3 Å². The van der Waals surface area contributed by atoms with Crippen LogP contribution in [0.2, 0.25) is 0 Å². The predicted molar refractivity (Wildman–Crippen MR) is 101 cm³/mol. The molecule has 2 aromatic heterocycles. The lowest BCUT2D eigenvalue weighted by Gasteiger charge is -2.29. The van der Waals surface area contributed by atoms with Crippen molar-refractivity contribution >= 4 is 11.8 Å². The number of aromatic nitrogens is 3. The molecule has 2 fully saturated rings. The van der Waals surface area contributed by atoms with Crippen molar-refractivity contribution in [2.45, 2.75) is 18.9 Å². The van der Waals surface area contributed by atoms with Crippen LogP contribution in [-0.2, 0) is 4.74 Å². The highest BCUT2D eigenvalue weighted by Gasteiger charge is 2.22. The Balaban J connectivity index is 1.72. The third-order valence-corrected chi connectivity index (χ3v) is 4.78. The SMILES string of the molecule is O=c1[nH]c(N2CCOCC2)nc(N[C@@H]2CCCNC2)c1-c1ccccn1. The summed E-state index contributed by atoms with van der Waals surface area (Å²) < 4.78 is 5.40. The smallest absolute Gasteiger partial charge is 0.263 e. The second kappa shape index (κ2) is 7.84. The van der Waals surface area contributed by atoms with Gasteiger partial charge in [-0.05, 0) is 31.5 Å². The summed E-state index contributed by atoms with van der Waals surface area (Å²) in [5, 5.41) is 6.86. The first kappa shape index (κ1) is 17.0. The van der Waals surface area contributed by atoms with Crippen LogP contribution in [0.25, 0.3) is 11.3 Å². The molecule has 0 aliphatic carbocycles. The number of hydrogen-bond acceptors (Lipinski definition) is 7. The number of H-pyrrole nitrogens is 1. The zero-order chi connectivity index (χ0) is 17.8. The molecule has 138 valence electrons. The predicted octanol–water partition coefficient (Wildman–Crippen LogP) is 0.832. The number of anilines is 2. The lowest BCUT2D eigenvalue weighted by molar-refractivity contribution is 0.122. The third kappa shape index (κ3) is 3.71. The highest BCUT2D eigenvalue weighted by molar-refractivity contribution is 5.72. The van der Waals surface area contributed by atoms with Gasteiger partial charge < -0.3 is 20.3 Å². The van der Waals surface area contributed by atoms with E-state index >= 15 is 0 Å². The van der Waals surface area contributed by atoms with E-state index in [0.29, 0.717) is 36.2 Å². The van der Waals surface area contributed by atoms with Crippen molar-refractivity contribution in [3.63, 3.8) is 0 Å². The van der Waals surface area contributed by atoms with Crippen molar-refractivity contribution in [2.24, 2.45) is 0 Å². The first-order chi connectivity index (χ1) is 12.8. The molecule has 0 amide bonds. The van der Waals surface area contributed by atoms with Crippen LogP contribution in [0, 0.1) is 0 Å². The second-order valence-corrected chi connectivity index (χ2v) is 6.62. The minimum absolute atomic E-state index is 0.175. The number of aromatic amines is 1. The second-order valence-electron chi connectivity index (χ2n) is 6.62. The summed E-state index contributed by atoms with van der Waals surface area (Å²) in [6.45, 7) is 4.62. The number of nitrogens with zero attached hydrogens (tertiary/aromatic N) is 3. The minimum Gasteiger partial charge on any atom is -0.378 e. The molecule has 0 bridgehead atoms. The Morgan fingerprint density at radius 1 is 1.27 bits per heavy atom. The molecule has 26 heavy (non-hydrogen) atoms. The average Bonchev–Trinajstić information content (AvgIpc) is 2.70. The van der Waals surface area contributed by atoms with Gasteiger partial charge >= 0.3 is 0 Å². The Morgan fingerprint density at radius 3 is 2.88 bits per heavy atom. The first-order valence-corrected chi connectivity index (χ1v) is 9.17. The van der Waals surface area contributed by atoms with Gasteiger partial charge in [0, 0.05) is 31.9 Å². The largest absolute Gasteiger partial charge is 0.378 e. The molecule has 0 radical (unpaired) electrons. The van der Waals surface area contributed by atoms with Gasteiger partial charge in [0.05, 0.1) is 18.9 Å². The maximum atomic E-state index is 12.9. The number of pyridine rings is 1. The van der Waals surface area contributed by atoms with Gasteiger partial charge in [0.15, 0.2) is 0 Å². The fraction of sp³-hybridized carbons (Fsp3) is 0.500. The molecule has 0 spiro atoms. The zero-order valence-corrected chi connectivity index (χ0v) is 14.7. The molecule has 2 aliphatic rings. The van der Waals surface area contributed by atoms with Crippen LogP contribution >= 0.6 is 0 Å². The number of piperidine rings is 1. The van der Waals surface area contributed by atoms with Crippen molar-refractivity contribution in [1.29, 1.82) is 0 Å². The number of ether oxygens (including phenoxy) is 1.